The van der Waals surface area contributed by atoms with Gasteiger partial charge in [-0.25, -0.2) is 24.8 Å². The number of hydrogen-bond acceptors (Lipinski definition) is 8. The predicted octanol–water partition coefficient (Wildman–Crippen LogP) is 3.50. The SMILES string of the molecule is COC[C@@H](C)NC(=O)c1cn(COCCS(C)(C)C)c2ncc(OCC3CCN(C(=O)OC(C)(C)C)C3)nc12. The molecule has 0 saturated carbocycles. The van der Waals surface area contributed by atoms with Crippen molar-refractivity contribution in [1.29, 1.82) is 0 Å². The summed E-state index contributed by atoms with van der Waals surface area (Å²) in [4.78, 5) is 36.4. The highest BCUT2D eigenvalue weighted by molar-refractivity contribution is 8.32. The van der Waals surface area contributed by atoms with Gasteiger partial charge in [-0.2, -0.15) is 0 Å². The number of aromatic nitrogens is 3. The topological polar surface area (TPSA) is 117 Å². The molecule has 1 saturated heterocycles. The van der Waals surface area contributed by atoms with Crippen LogP contribution < -0.4 is 10.1 Å². The summed E-state index contributed by atoms with van der Waals surface area (Å²) in [6.07, 6.45) is 10.5. The Morgan fingerprint density at radius 2 is 2.00 bits per heavy atom. The molecule has 1 N–H and O–H groups in total. The average Bonchev–Trinajstić information content (AvgIpc) is 3.44. The Hall–Kier alpha value is -2.57. The first kappa shape index (κ1) is 31.0. The number of likely N-dealkylation sites (tertiary alicyclic amines) is 1. The molecule has 1 aliphatic heterocycles. The van der Waals surface area contributed by atoms with Crippen molar-refractivity contribution in [2.24, 2.45) is 5.92 Å². The van der Waals surface area contributed by atoms with E-state index in [-0.39, 0.29) is 30.7 Å². The zero-order valence-electron chi connectivity index (χ0n) is 24.6. The van der Waals surface area contributed by atoms with Gasteiger partial charge in [0.25, 0.3) is 5.91 Å². The molecule has 11 nitrogen and oxygen atoms in total. The molecule has 39 heavy (non-hydrogen) atoms. The fourth-order valence-corrected chi connectivity index (χ4v) is 4.72. The van der Waals surface area contributed by atoms with Crippen molar-refractivity contribution in [3.8, 4) is 5.88 Å². The summed E-state index contributed by atoms with van der Waals surface area (Å²) in [5.74, 6) is 1.20. The molecular formula is C27H45N5O6S. The first-order valence-electron chi connectivity index (χ1n) is 13.3. The molecule has 0 spiro atoms. The Balaban J connectivity index is 1.71. The highest BCUT2D eigenvalue weighted by Gasteiger charge is 2.30. The van der Waals surface area contributed by atoms with Gasteiger partial charge in [-0.1, -0.05) is 0 Å². The minimum absolute atomic E-state index is 0.149. The molecule has 0 radical (unpaired) electrons. The van der Waals surface area contributed by atoms with E-state index < -0.39 is 15.6 Å². The maximum Gasteiger partial charge on any atom is 0.410 e. The third-order valence-corrected chi connectivity index (χ3v) is 7.45. The first-order chi connectivity index (χ1) is 18.3. The Morgan fingerprint density at radius 3 is 2.67 bits per heavy atom. The van der Waals surface area contributed by atoms with E-state index in [0.29, 0.717) is 55.5 Å². The zero-order chi connectivity index (χ0) is 28.8. The summed E-state index contributed by atoms with van der Waals surface area (Å²) in [6, 6.07) is -0.172. The van der Waals surface area contributed by atoms with Crippen LogP contribution >= 0.6 is 10.0 Å². The van der Waals surface area contributed by atoms with E-state index >= 15 is 0 Å². The molecule has 12 heteroatoms. The minimum Gasteiger partial charge on any atom is -0.476 e. The number of nitrogens with zero attached hydrogens (tertiary/aromatic N) is 4. The van der Waals surface area contributed by atoms with E-state index in [0.717, 1.165) is 12.2 Å². The van der Waals surface area contributed by atoms with Gasteiger partial charge in [-0.05, 0) is 52.9 Å². The third-order valence-electron chi connectivity index (χ3n) is 6.06. The van der Waals surface area contributed by atoms with Gasteiger partial charge < -0.3 is 33.7 Å². The number of amides is 2. The quantitative estimate of drug-likeness (QED) is 0.388. The third kappa shape index (κ3) is 9.54. The van der Waals surface area contributed by atoms with E-state index in [1.54, 1.807) is 29.0 Å². The first-order valence-corrected chi connectivity index (χ1v) is 16.3. The normalized spacial score (nSPS) is 17.3. The fraction of sp³-hybridized carbons (Fsp3) is 0.704. The maximum atomic E-state index is 13.1. The largest absolute Gasteiger partial charge is 0.476 e. The van der Waals surface area contributed by atoms with E-state index in [2.05, 4.69) is 34.1 Å². The fourth-order valence-electron chi connectivity index (χ4n) is 4.10. The van der Waals surface area contributed by atoms with Crippen LogP contribution in [0.25, 0.3) is 11.2 Å². The monoisotopic (exact) mass is 567 g/mol. The molecule has 0 bridgehead atoms. The van der Waals surface area contributed by atoms with Crippen molar-refractivity contribution < 1.29 is 28.5 Å². The van der Waals surface area contributed by atoms with Crippen LogP contribution in [0.3, 0.4) is 0 Å². The van der Waals surface area contributed by atoms with Gasteiger partial charge >= 0.3 is 6.09 Å². The lowest BCUT2D eigenvalue weighted by molar-refractivity contribution is 0.0284. The lowest BCUT2D eigenvalue weighted by Gasteiger charge is -2.24. The lowest BCUT2D eigenvalue weighted by atomic mass is 10.1. The zero-order valence-corrected chi connectivity index (χ0v) is 25.4. The Bertz CT molecular complexity index is 1130. The van der Waals surface area contributed by atoms with Gasteiger partial charge in [0.15, 0.2) is 5.65 Å². The van der Waals surface area contributed by atoms with Crippen molar-refractivity contribution >= 4 is 33.2 Å². The van der Waals surface area contributed by atoms with Crippen LogP contribution in [0.1, 0.15) is 44.5 Å². The molecule has 220 valence electrons. The Morgan fingerprint density at radius 1 is 1.26 bits per heavy atom. The molecule has 0 aliphatic carbocycles. The Labute approximate surface area is 233 Å². The predicted molar refractivity (Wildman–Crippen MR) is 154 cm³/mol. The molecule has 1 unspecified atom stereocenters. The summed E-state index contributed by atoms with van der Waals surface area (Å²) in [5, 5.41) is 2.94. The number of hydrogen-bond donors (Lipinski definition) is 1. The molecule has 0 aromatic carbocycles. The number of methoxy groups -OCH3 is 1. The molecule has 2 aromatic rings. The number of carbonyl (C=O) groups is 2. The minimum atomic E-state index is -0.667. The van der Waals surface area contributed by atoms with Crippen molar-refractivity contribution in [2.75, 3.05) is 64.5 Å². The standard InChI is InChI=1S/C27H45N5O6S/c1-19(16-35-5)29-25(33)21-15-32(18-36-11-12-39(6,7)8)24-23(21)30-22(13-28-24)37-17-20-9-10-31(14-20)26(34)38-27(2,3)4/h13,15,19-20H,9-12,14,16-18H2,1-8H3,(H,29,33)/t19-,20?/m1/s1. The van der Waals surface area contributed by atoms with E-state index in [4.69, 9.17) is 18.9 Å². The summed E-state index contributed by atoms with van der Waals surface area (Å²) in [7, 11) is 0.927. The van der Waals surface area contributed by atoms with Gasteiger partial charge in [-0.15, -0.1) is 0 Å². The molecule has 2 atom stereocenters. The number of ether oxygens (including phenoxy) is 4. The van der Waals surface area contributed by atoms with E-state index in [1.165, 1.54) is 0 Å². The second kappa shape index (κ2) is 13.2. The van der Waals surface area contributed by atoms with Crippen molar-refractivity contribution in [3.05, 3.63) is 18.0 Å². The van der Waals surface area contributed by atoms with Gasteiger partial charge in [-0.3, -0.25) is 4.79 Å². The van der Waals surface area contributed by atoms with Gasteiger partial charge in [0, 0.05) is 44.1 Å². The van der Waals surface area contributed by atoms with Crippen molar-refractivity contribution in [2.45, 2.75) is 52.5 Å². The second-order valence-corrected chi connectivity index (χ2v) is 16.5. The van der Waals surface area contributed by atoms with Crippen LogP contribution in [-0.2, 0) is 20.9 Å². The average molecular weight is 568 g/mol. The highest BCUT2D eigenvalue weighted by Crippen LogP contribution is 2.33. The van der Waals surface area contributed by atoms with E-state index in [9.17, 15) is 9.59 Å². The Kier molecular flexibility index (Phi) is 10.5. The number of fused-ring (bicyclic) bond motifs is 1. The van der Waals surface area contributed by atoms with E-state index in [1.807, 2.05) is 27.7 Å². The summed E-state index contributed by atoms with van der Waals surface area (Å²) < 4.78 is 24.3. The van der Waals surface area contributed by atoms with Gasteiger partial charge in [0.1, 0.15) is 17.8 Å². The van der Waals surface area contributed by atoms with Crippen molar-refractivity contribution in [1.82, 2.24) is 24.8 Å². The maximum absolute atomic E-state index is 13.1. The van der Waals surface area contributed by atoms with Gasteiger partial charge in [0.2, 0.25) is 5.88 Å². The number of nitrogens with one attached hydrogen (secondary N) is 1. The molecule has 1 fully saturated rings. The molecule has 2 amide bonds. The molecule has 3 rings (SSSR count). The van der Waals surface area contributed by atoms with Crippen LogP contribution in [0, 0.1) is 5.92 Å². The summed E-state index contributed by atoms with van der Waals surface area (Å²) in [6.45, 7) is 10.3. The summed E-state index contributed by atoms with van der Waals surface area (Å²) in [5.41, 5.74) is 0.859. The van der Waals surface area contributed by atoms with Crippen LogP contribution in [0.2, 0.25) is 0 Å². The highest BCUT2D eigenvalue weighted by atomic mass is 32.3. The second-order valence-electron chi connectivity index (χ2n) is 11.9. The van der Waals surface area contributed by atoms with Crippen LogP contribution in [0.4, 0.5) is 4.79 Å². The number of rotatable bonds is 12. The molecule has 3 heterocycles. The molecule has 1 aliphatic rings. The summed E-state index contributed by atoms with van der Waals surface area (Å²) >= 11 is 0. The number of carbonyl (C=O) groups excluding carboxylic acids is 2. The van der Waals surface area contributed by atoms with Crippen LogP contribution in [-0.4, -0.2) is 108 Å². The molecular weight excluding hydrogens is 522 g/mol. The van der Waals surface area contributed by atoms with Gasteiger partial charge in [0.05, 0.1) is 31.6 Å². The lowest BCUT2D eigenvalue weighted by Crippen LogP contribution is -2.35. The van der Waals surface area contributed by atoms with Crippen LogP contribution in [0.15, 0.2) is 12.4 Å². The van der Waals surface area contributed by atoms with Crippen LogP contribution in [0.5, 0.6) is 5.88 Å². The smallest absolute Gasteiger partial charge is 0.410 e. The molecule has 2 aromatic heterocycles. The van der Waals surface area contributed by atoms with Crippen molar-refractivity contribution in [3.63, 3.8) is 0 Å².